The molecule has 0 aliphatic rings. The molecule has 11 heavy (non-hydrogen) atoms. The molecule has 0 atom stereocenters. The number of anilines is 1. The molecule has 1 amide bonds. The van der Waals surface area contributed by atoms with E-state index < -0.39 is 0 Å². The summed E-state index contributed by atoms with van der Waals surface area (Å²) in [6.07, 6.45) is 0. The SMILES string of the molecule is CC(=O)N(C)c1cc(C)on1. The van der Waals surface area contributed by atoms with Crippen molar-refractivity contribution in [2.45, 2.75) is 13.8 Å². The molecule has 1 rings (SSSR count). The lowest BCUT2D eigenvalue weighted by Gasteiger charge is -2.08. The van der Waals surface area contributed by atoms with Crippen LogP contribution in [0.1, 0.15) is 12.7 Å². The zero-order valence-corrected chi connectivity index (χ0v) is 6.79. The zero-order valence-electron chi connectivity index (χ0n) is 6.79. The molecule has 0 bridgehead atoms. The molecule has 0 aliphatic carbocycles. The first-order valence-corrected chi connectivity index (χ1v) is 3.29. The monoisotopic (exact) mass is 154 g/mol. The van der Waals surface area contributed by atoms with Crippen molar-refractivity contribution in [3.8, 4) is 0 Å². The summed E-state index contributed by atoms with van der Waals surface area (Å²) in [5, 5.41) is 3.67. The van der Waals surface area contributed by atoms with E-state index in [-0.39, 0.29) is 5.91 Å². The van der Waals surface area contributed by atoms with E-state index in [1.165, 1.54) is 11.8 Å². The molecular weight excluding hydrogens is 144 g/mol. The number of rotatable bonds is 1. The molecule has 1 heterocycles. The predicted molar refractivity (Wildman–Crippen MR) is 40.3 cm³/mol. The number of nitrogens with zero attached hydrogens (tertiary/aromatic N) is 2. The van der Waals surface area contributed by atoms with Crippen molar-refractivity contribution >= 4 is 11.7 Å². The maximum atomic E-state index is 10.8. The van der Waals surface area contributed by atoms with Gasteiger partial charge in [-0.3, -0.25) is 9.69 Å². The topological polar surface area (TPSA) is 46.3 Å². The van der Waals surface area contributed by atoms with Crippen LogP contribution in [0, 0.1) is 6.92 Å². The van der Waals surface area contributed by atoms with Crippen LogP contribution in [-0.2, 0) is 4.79 Å². The highest BCUT2D eigenvalue weighted by Gasteiger charge is 2.08. The van der Waals surface area contributed by atoms with E-state index >= 15 is 0 Å². The number of carbonyl (C=O) groups is 1. The first-order chi connectivity index (χ1) is 5.11. The fraction of sp³-hybridized carbons (Fsp3) is 0.429. The van der Waals surface area contributed by atoms with Crippen LogP contribution in [0.3, 0.4) is 0 Å². The first kappa shape index (κ1) is 7.78. The highest BCUT2D eigenvalue weighted by Crippen LogP contribution is 2.11. The molecule has 0 spiro atoms. The lowest BCUT2D eigenvalue weighted by atomic mass is 10.4. The highest BCUT2D eigenvalue weighted by molar-refractivity contribution is 5.89. The molecule has 60 valence electrons. The Balaban J connectivity index is 2.84. The Morgan fingerprint density at radius 2 is 2.36 bits per heavy atom. The van der Waals surface area contributed by atoms with Crippen molar-refractivity contribution in [3.05, 3.63) is 11.8 Å². The third-order valence-corrected chi connectivity index (χ3v) is 1.43. The smallest absolute Gasteiger partial charge is 0.224 e. The number of hydrogen-bond acceptors (Lipinski definition) is 3. The molecule has 0 N–H and O–H groups in total. The van der Waals surface area contributed by atoms with Gasteiger partial charge in [-0.1, -0.05) is 5.16 Å². The van der Waals surface area contributed by atoms with Gasteiger partial charge in [-0.05, 0) is 6.92 Å². The molecule has 0 fully saturated rings. The summed E-state index contributed by atoms with van der Waals surface area (Å²) in [5.41, 5.74) is 0. The molecule has 0 saturated carbocycles. The normalized spacial score (nSPS) is 9.73. The van der Waals surface area contributed by atoms with E-state index in [2.05, 4.69) is 5.16 Å². The highest BCUT2D eigenvalue weighted by atomic mass is 16.5. The fourth-order valence-electron chi connectivity index (χ4n) is 0.673. The summed E-state index contributed by atoms with van der Waals surface area (Å²) in [6, 6.07) is 1.71. The number of hydrogen-bond donors (Lipinski definition) is 0. The largest absolute Gasteiger partial charge is 0.360 e. The van der Waals surface area contributed by atoms with Crippen molar-refractivity contribution in [3.63, 3.8) is 0 Å². The van der Waals surface area contributed by atoms with E-state index in [1.54, 1.807) is 20.0 Å². The van der Waals surface area contributed by atoms with Crippen LogP contribution in [0.5, 0.6) is 0 Å². The van der Waals surface area contributed by atoms with E-state index in [4.69, 9.17) is 4.52 Å². The van der Waals surface area contributed by atoms with Crippen LogP contribution >= 0.6 is 0 Å². The molecule has 0 saturated heterocycles. The predicted octanol–water partition coefficient (Wildman–Crippen LogP) is 0.966. The van der Waals surface area contributed by atoms with Gasteiger partial charge in [-0.15, -0.1) is 0 Å². The Morgan fingerprint density at radius 3 is 2.73 bits per heavy atom. The zero-order chi connectivity index (χ0) is 8.43. The van der Waals surface area contributed by atoms with Crippen LogP contribution in [-0.4, -0.2) is 18.1 Å². The van der Waals surface area contributed by atoms with Gasteiger partial charge in [0.05, 0.1) is 0 Å². The number of aryl methyl sites for hydroxylation is 1. The van der Waals surface area contributed by atoms with Crippen LogP contribution in [0.4, 0.5) is 5.82 Å². The van der Waals surface area contributed by atoms with E-state index in [0.29, 0.717) is 11.6 Å². The Morgan fingerprint density at radius 1 is 1.73 bits per heavy atom. The van der Waals surface area contributed by atoms with Gasteiger partial charge in [-0.2, -0.15) is 0 Å². The Hall–Kier alpha value is -1.32. The Bertz CT molecular complexity index is 267. The van der Waals surface area contributed by atoms with E-state index in [0.717, 1.165) is 0 Å². The van der Waals surface area contributed by atoms with Gasteiger partial charge in [0.1, 0.15) is 5.76 Å². The summed E-state index contributed by atoms with van der Waals surface area (Å²) in [6.45, 7) is 3.26. The maximum Gasteiger partial charge on any atom is 0.224 e. The third-order valence-electron chi connectivity index (χ3n) is 1.43. The van der Waals surface area contributed by atoms with Crippen molar-refractivity contribution < 1.29 is 9.32 Å². The molecular formula is C7H10N2O2. The number of carbonyl (C=O) groups excluding carboxylic acids is 1. The quantitative estimate of drug-likeness (QED) is 0.605. The van der Waals surface area contributed by atoms with Gasteiger partial charge in [0.2, 0.25) is 5.91 Å². The molecule has 0 aliphatic heterocycles. The summed E-state index contributed by atoms with van der Waals surface area (Å²) < 4.78 is 4.79. The van der Waals surface area contributed by atoms with Gasteiger partial charge in [0.15, 0.2) is 5.82 Å². The minimum Gasteiger partial charge on any atom is -0.360 e. The minimum absolute atomic E-state index is 0.0571. The van der Waals surface area contributed by atoms with E-state index in [9.17, 15) is 4.79 Å². The molecule has 1 aromatic rings. The van der Waals surface area contributed by atoms with Gasteiger partial charge >= 0.3 is 0 Å². The Kier molecular flexibility index (Phi) is 1.94. The summed E-state index contributed by atoms with van der Waals surface area (Å²) in [5.74, 6) is 1.20. The van der Waals surface area contributed by atoms with E-state index in [1.807, 2.05) is 0 Å². The van der Waals surface area contributed by atoms with Gasteiger partial charge in [0, 0.05) is 20.0 Å². The Labute approximate surface area is 64.8 Å². The maximum absolute atomic E-state index is 10.8. The summed E-state index contributed by atoms with van der Waals surface area (Å²) in [4.78, 5) is 12.2. The van der Waals surface area contributed by atoms with Crippen molar-refractivity contribution in [1.29, 1.82) is 0 Å². The van der Waals surface area contributed by atoms with Gasteiger partial charge < -0.3 is 4.52 Å². The second-order valence-electron chi connectivity index (χ2n) is 2.37. The molecule has 0 radical (unpaired) electrons. The number of amides is 1. The molecule has 0 unspecified atom stereocenters. The van der Waals surface area contributed by atoms with Crippen LogP contribution in [0.25, 0.3) is 0 Å². The van der Waals surface area contributed by atoms with Gasteiger partial charge in [-0.25, -0.2) is 0 Å². The average molecular weight is 154 g/mol. The molecule has 4 nitrogen and oxygen atoms in total. The van der Waals surface area contributed by atoms with Crippen molar-refractivity contribution in [1.82, 2.24) is 5.16 Å². The first-order valence-electron chi connectivity index (χ1n) is 3.29. The van der Waals surface area contributed by atoms with Crippen LogP contribution in [0.2, 0.25) is 0 Å². The average Bonchev–Trinajstić information content (AvgIpc) is 2.34. The standard InChI is InChI=1S/C7H10N2O2/c1-5-4-7(8-11-5)9(3)6(2)10/h4H,1-3H3. The summed E-state index contributed by atoms with van der Waals surface area (Å²) in [7, 11) is 1.65. The lowest BCUT2D eigenvalue weighted by molar-refractivity contribution is -0.116. The molecule has 0 aromatic carbocycles. The van der Waals surface area contributed by atoms with Crippen molar-refractivity contribution in [2.24, 2.45) is 0 Å². The van der Waals surface area contributed by atoms with Gasteiger partial charge in [0.25, 0.3) is 0 Å². The minimum atomic E-state index is -0.0571. The third kappa shape index (κ3) is 1.58. The second kappa shape index (κ2) is 2.74. The molecule has 4 heteroatoms. The van der Waals surface area contributed by atoms with Crippen LogP contribution < -0.4 is 4.90 Å². The van der Waals surface area contributed by atoms with Crippen LogP contribution in [0.15, 0.2) is 10.6 Å². The fourth-order valence-corrected chi connectivity index (χ4v) is 0.673. The number of aromatic nitrogens is 1. The molecule has 1 aromatic heterocycles. The lowest BCUT2D eigenvalue weighted by Crippen LogP contribution is -2.22. The van der Waals surface area contributed by atoms with Crippen molar-refractivity contribution in [2.75, 3.05) is 11.9 Å². The summed E-state index contributed by atoms with van der Waals surface area (Å²) >= 11 is 0. The second-order valence-corrected chi connectivity index (χ2v) is 2.37.